The van der Waals surface area contributed by atoms with E-state index in [4.69, 9.17) is 0 Å². The molecule has 0 radical (unpaired) electrons. The van der Waals surface area contributed by atoms with Gasteiger partial charge in [0, 0.05) is 58.6 Å². The van der Waals surface area contributed by atoms with Crippen LogP contribution in [0.3, 0.4) is 0 Å². The van der Waals surface area contributed by atoms with Crippen molar-refractivity contribution in [2.24, 2.45) is 12.0 Å². The maximum atomic E-state index is 4.44. The smallest absolute Gasteiger partial charge is 0.191 e. The highest BCUT2D eigenvalue weighted by Gasteiger charge is 2.21. The number of hydrogen-bond acceptors (Lipinski definition) is 4. The van der Waals surface area contributed by atoms with Gasteiger partial charge in [0.05, 0.1) is 11.9 Å². The highest BCUT2D eigenvalue weighted by Crippen LogP contribution is 2.19. The van der Waals surface area contributed by atoms with E-state index in [1.807, 2.05) is 25.0 Å². The summed E-state index contributed by atoms with van der Waals surface area (Å²) in [6, 6.07) is 11.5. The van der Waals surface area contributed by atoms with Crippen molar-refractivity contribution in [3.63, 3.8) is 0 Å². The lowest BCUT2D eigenvalue weighted by molar-refractivity contribution is 0.238. The largest absolute Gasteiger partial charge is 0.367 e. The van der Waals surface area contributed by atoms with Gasteiger partial charge in [0.2, 0.25) is 0 Å². The van der Waals surface area contributed by atoms with Crippen LogP contribution in [0.4, 0.5) is 5.69 Å². The van der Waals surface area contributed by atoms with Gasteiger partial charge >= 0.3 is 0 Å². The van der Waals surface area contributed by atoms with Crippen LogP contribution in [0.5, 0.6) is 0 Å². The molecule has 0 bridgehead atoms. The molecule has 1 fully saturated rings. The van der Waals surface area contributed by atoms with Gasteiger partial charge in [-0.25, -0.2) is 0 Å². The molecule has 2 aromatic rings. The number of piperidine rings is 1. The van der Waals surface area contributed by atoms with E-state index in [-0.39, 0.29) is 0 Å². The summed E-state index contributed by atoms with van der Waals surface area (Å²) < 4.78 is 1.86. The van der Waals surface area contributed by atoms with Crippen LogP contribution in [0.2, 0.25) is 0 Å². The first-order chi connectivity index (χ1) is 14.5. The minimum absolute atomic E-state index is 0.392. The molecule has 164 valence electrons. The fourth-order valence-corrected chi connectivity index (χ4v) is 3.94. The van der Waals surface area contributed by atoms with Crippen molar-refractivity contribution >= 4 is 11.6 Å². The summed E-state index contributed by atoms with van der Waals surface area (Å²) in [6.45, 7) is 6.22. The Bertz CT molecular complexity index is 786. The van der Waals surface area contributed by atoms with Crippen LogP contribution < -0.4 is 15.5 Å². The summed E-state index contributed by atoms with van der Waals surface area (Å²) in [5, 5.41) is 11.4. The van der Waals surface area contributed by atoms with Crippen LogP contribution >= 0.6 is 0 Å². The zero-order valence-electron chi connectivity index (χ0n) is 18.9. The predicted molar refractivity (Wildman–Crippen MR) is 125 cm³/mol. The Morgan fingerprint density at radius 3 is 2.83 bits per heavy atom. The average Bonchev–Trinajstić information content (AvgIpc) is 3.20. The van der Waals surface area contributed by atoms with E-state index in [1.54, 1.807) is 0 Å². The van der Waals surface area contributed by atoms with Gasteiger partial charge in [0.15, 0.2) is 5.96 Å². The molecule has 0 spiro atoms. The number of benzene rings is 1. The molecule has 1 aromatic carbocycles. The topological polar surface area (TPSA) is 60.7 Å². The summed E-state index contributed by atoms with van der Waals surface area (Å²) in [7, 11) is 6.01. The summed E-state index contributed by atoms with van der Waals surface area (Å²) in [4.78, 5) is 9.25. The first kappa shape index (κ1) is 22.2. The molecule has 2 heterocycles. The normalized spacial score (nSPS) is 18.5. The van der Waals surface area contributed by atoms with Gasteiger partial charge in [-0.15, -0.1) is 0 Å². The van der Waals surface area contributed by atoms with E-state index < -0.39 is 0 Å². The second-order valence-electron chi connectivity index (χ2n) is 8.34. The minimum atomic E-state index is 0.392. The Morgan fingerprint density at radius 2 is 2.13 bits per heavy atom. The number of nitrogens with zero attached hydrogens (tertiary/aromatic N) is 5. The zero-order chi connectivity index (χ0) is 21.3. The van der Waals surface area contributed by atoms with Gasteiger partial charge in [-0.1, -0.05) is 30.3 Å². The van der Waals surface area contributed by atoms with Crippen molar-refractivity contribution in [1.29, 1.82) is 0 Å². The molecule has 7 nitrogen and oxygen atoms in total. The fraction of sp³-hybridized carbons (Fsp3) is 0.565. The molecule has 30 heavy (non-hydrogen) atoms. The number of aliphatic imine (C=N–C) groups is 1. The molecule has 1 aromatic heterocycles. The highest BCUT2D eigenvalue weighted by atomic mass is 15.3. The average molecular weight is 412 g/mol. The molecule has 2 unspecified atom stereocenters. The molecule has 1 saturated heterocycles. The Balaban J connectivity index is 1.41. The summed E-state index contributed by atoms with van der Waals surface area (Å²) in [5.74, 6) is 0.894. The molecule has 1 aliphatic heterocycles. The van der Waals surface area contributed by atoms with Crippen LogP contribution in [0.25, 0.3) is 0 Å². The van der Waals surface area contributed by atoms with Gasteiger partial charge in [-0.2, -0.15) is 5.10 Å². The third kappa shape index (κ3) is 6.49. The lowest BCUT2D eigenvalue weighted by atomic mass is 10.1. The number of rotatable bonds is 8. The standard InChI is InChI=1S/C23H37N7/c1-19(28(3)16-20-9-6-5-7-10-20)12-13-25-23(24-2)27-21-11-8-14-30(17-21)22-15-26-29(4)18-22/h5-7,9-10,15,18-19,21H,8,11-14,16-17H2,1-4H3,(H2,24,25,27). The second-order valence-corrected chi connectivity index (χ2v) is 8.34. The quantitative estimate of drug-likeness (QED) is 0.516. The Hall–Kier alpha value is -2.54. The fourth-order valence-electron chi connectivity index (χ4n) is 3.94. The molecule has 0 aliphatic carbocycles. The van der Waals surface area contributed by atoms with Crippen molar-refractivity contribution in [1.82, 2.24) is 25.3 Å². The van der Waals surface area contributed by atoms with Crippen molar-refractivity contribution in [3.8, 4) is 0 Å². The summed E-state index contributed by atoms with van der Waals surface area (Å²) >= 11 is 0. The van der Waals surface area contributed by atoms with Crippen molar-refractivity contribution in [3.05, 3.63) is 48.3 Å². The summed E-state index contributed by atoms with van der Waals surface area (Å²) in [5.41, 5.74) is 2.55. The number of hydrogen-bond donors (Lipinski definition) is 2. The number of guanidine groups is 1. The van der Waals surface area contributed by atoms with E-state index in [2.05, 4.69) is 81.0 Å². The molecular weight excluding hydrogens is 374 g/mol. The molecule has 3 rings (SSSR count). The Morgan fingerprint density at radius 1 is 1.33 bits per heavy atom. The van der Waals surface area contributed by atoms with E-state index in [1.165, 1.54) is 17.7 Å². The lowest BCUT2D eigenvalue weighted by Gasteiger charge is -2.34. The minimum Gasteiger partial charge on any atom is -0.367 e. The van der Waals surface area contributed by atoms with Crippen molar-refractivity contribution in [2.75, 3.05) is 38.6 Å². The van der Waals surface area contributed by atoms with Gasteiger partial charge in [-0.3, -0.25) is 14.6 Å². The van der Waals surface area contributed by atoms with Crippen LogP contribution in [-0.4, -0.2) is 66.5 Å². The van der Waals surface area contributed by atoms with E-state index in [0.717, 1.165) is 45.0 Å². The van der Waals surface area contributed by atoms with Crippen LogP contribution in [-0.2, 0) is 13.6 Å². The van der Waals surface area contributed by atoms with Gasteiger partial charge < -0.3 is 15.5 Å². The molecular formula is C23H37N7. The third-order valence-corrected chi connectivity index (χ3v) is 5.92. The first-order valence-electron chi connectivity index (χ1n) is 11.0. The van der Waals surface area contributed by atoms with Gasteiger partial charge in [-0.05, 0) is 38.8 Å². The maximum absolute atomic E-state index is 4.44. The van der Waals surface area contributed by atoms with Crippen LogP contribution in [0.15, 0.2) is 47.7 Å². The molecule has 2 N–H and O–H groups in total. The monoisotopic (exact) mass is 411 g/mol. The number of aryl methyl sites for hydroxylation is 1. The molecule has 0 saturated carbocycles. The van der Waals surface area contributed by atoms with Gasteiger partial charge in [0.1, 0.15) is 0 Å². The van der Waals surface area contributed by atoms with E-state index in [0.29, 0.717) is 12.1 Å². The van der Waals surface area contributed by atoms with Crippen molar-refractivity contribution < 1.29 is 0 Å². The molecule has 2 atom stereocenters. The van der Waals surface area contributed by atoms with Crippen LogP contribution in [0, 0.1) is 0 Å². The molecule has 7 heteroatoms. The predicted octanol–water partition coefficient (Wildman–Crippen LogP) is 2.46. The molecule has 1 aliphatic rings. The van der Waals surface area contributed by atoms with Crippen LogP contribution in [0.1, 0.15) is 31.7 Å². The molecule has 0 amide bonds. The Labute approximate surface area is 181 Å². The zero-order valence-corrected chi connectivity index (χ0v) is 18.9. The first-order valence-corrected chi connectivity index (χ1v) is 11.0. The van der Waals surface area contributed by atoms with E-state index in [9.17, 15) is 0 Å². The second kappa shape index (κ2) is 11.0. The van der Waals surface area contributed by atoms with Crippen molar-refractivity contribution in [2.45, 2.75) is 44.8 Å². The van der Waals surface area contributed by atoms with E-state index >= 15 is 0 Å². The number of nitrogens with one attached hydrogen (secondary N) is 2. The number of aromatic nitrogens is 2. The lowest BCUT2D eigenvalue weighted by Crippen LogP contribution is -2.51. The maximum Gasteiger partial charge on any atom is 0.191 e. The Kier molecular flexibility index (Phi) is 8.13. The van der Waals surface area contributed by atoms with Gasteiger partial charge in [0.25, 0.3) is 0 Å². The number of anilines is 1. The third-order valence-electron chi connectivity index (χ3n) is 5.92. The summed E-state index contributed by atoms with van der Waals surface area (Å²) in [6.07, 6.45) is 7.43. The highest BCUT2D eigenvalue weighted by molar-refractivity contribution is 5.80. The SMILES string of the molecule is CN=C(NCCC(C)N(C)Cc1ccccc1)NC1CCCN(c2cnn(C)c2)C1.